The van der Waals surface area contributed by atoms with Crippen molar-refractivity contribution >= 4 is 31.8 Å². The van der Waals surface area contributed by atoms with Gasteiger partial charge in [-0.15, -0.1) is 0 Å². The molecule has 0 N–H and O–H groups in total. The highest BCUT2D eigenvalue weighted by atomic mass is 79.9. The highest BCUT2D eigenvalue weighted by Gasteiger charge is 2.16. The third-order valence-electron chi connectivity index (χ3n) is 1.83. The topological polar surface area (TPSA) is 60.4 Å². The van der Waals surface area contributed by atoms with E-state index < -0.39 is 16.7 Å². The molecule has 0 saturated heterocycles. The Morgan fingerprint density at radius 1 is 1.31 bits per heavy atom. The first-order chi connectivity index (χ1) is 7.45. The maximum absolute atomic E-state index is 11.6. The summed E-state index contributed by atoms with van der Waals surface area (Å²) in [4.78, 5) is 11.0. The molecule has 0 spiro atoms. The predicted molar refractivity (Wildman–Crippen MR) is 63.1 cm³/mol. The number of ketones is 1. The van der Waals surface area contributed by atoms with E-state index in [-0.39, 0.29) is 16.0 Å². The van der Waals surface area contributed by atoms with E-state index in [2.05, 4.69) is 20.1 Å². The molecular formula is C10H11BrO4S. The molecule has 0 radical (unpaired) electrons. The molecule has 4 nitrogen and oxygen atoms in total. The van der Waals surface area contributed by atoms with E-state index in [1.807, 2.05) is 6.92 Å². The van der Waals surface area contributed by atoms with Crippen molar-refractivity contribution in [3.63, 3.8) is 0 Å². The van der Waals surface area contributed by atoms with Crippen molar-refractivity contribution in [1.82, 2.24) is 0 Å². The molecular weight excluding hydrogens is 296 g/mol. The fourth-order valence-corrected chi connectivity index (χ4v) is 2.01. The largest absolute Gasteiger partial charge is 0.297 e. The molecule has 0 fully saturated rings. The molecule has 6 heteroatoms. The molecule has 1 aromatic carbocycles. The number of Topliss-reactive ketones (excluding diaryl/α,β-unsaturated/α-hetero) is 1. The zero-order valence-electron chi connectivity index (χ0n) is 8.64. The van der Waals surface area contributed by atoms with Crippen molar-refractivity contribution in [2.45, 2.75) is 11.8 Å². The summed E-state index contributed by atoms with van der Waals surface area (Å²) < 4.78 is 27.7. The Morgan fingerprint density at radius 3 is 2.38 bits per heavy atom. The molecule has 0 amide bonds. The molecule has 1 aromatic rings. The van der Waals surface area contributed by atoms with Crippen LogP contribution in [-0.4, -0.2) is 26.1 Å². The maximum atomic E-state index is 11.6. The first kappa shape index (κ1) is 13.3. The first-order valence-corrected chi connectivity index (χ1v) is 7.02. The van der Waals surface area contributed by atoms with Crippen LogP contribution in [0.3, 0.4) is 0 Å². The van der Waals surface area contributed by atoms with Gasteiger partial charge in [0.15, 0.2) is 5.78 Å². The predicted octanol–water partition coefficient (Wildman–Crippen LogP) is 1.66. The minimum Gasteiger partial charge on any atom is -0.296 e. The van der Waals surface area contributed by atoms with Gasteiger partial charge in [0, 0.05) is 0 Å². The number of halogens is 1. The second-order valence-electron chi connectivity index (χ2n) is 3.20. The molecule has 16 heavy (non-hydrogen) atoms. The molecule has 0 saturated carbocycles. The van der Waals surface area contributed by atoms with Crippen LogP contribution in [0.25, 0.3) is 0 Å². The van der Waals surface area contributed by atoms with E-state index >= 15 is 0 Å². The van der Waals surface area contributed by atoms with Crippen LogP contribution in [0.2, 0.25) is 0 Å². The summed E-state index contributed by atoms with van der Waals surface area (Å²) in [6.45, 7) is 1.41. The average Bonchev–Trinajstić information content (AvgIpc) is 2.26. The number of benzene rings is 1. The smallest absolute Gasteiger partial charge is 0.296 e. The zero-order chi connectivity index (χ0) is 12.2. The Bertz CT molecular complexity index is 464. The standard InChI is InChI=1S/C10H11BrO4S/c1-8-2-4-10(5-3-8)16(13,14)15-7-9(12)6-11/h2-5H,6-7H2,1H3. The van der Waals surface area contributed by atoms with Gasteiger partial charge >= 0.3 is 0 Å². The van der Waals surface area contributed by atoms with E-state index in [1.165, 1.54) is 12.1 Å². The van der Waals surface area contributed by atoms with Gasteiger partial charge in [0.25, 0.3) is 10.1 Å². The zero-order valence-corrected chi connectivity index (χ0v) is 11.0. The molecule has 0 bridgehead atoms. The summed E-state index contributed by atoms with van der Waals surface area (Å²) in [6, 6.07) is 6.23. The molecule has 0 unspecified atom stereocenters. The summed E-state index contributed by atoms with van der Waals surface area (Å²) in [5.41, 5.74) is 0.954. The lowest BCUT2D eigenvalue weighted by atomic mass is 10.2. The monoisotopic (exact) mass is 306 g/mol. The van der Waals surface area contributed by atoms with Gasteiger partial charge in [-0.2, -0.15) is 8.42 Å². The van der Waals surface area contributed by atoms with Gasteiger partial charge < -0.3 is 0 Å². The lowest BCUT2D eigenvalue weighted by molar-refractivity contribution is -0.118. The van der Waals surface area contributed by atoms with Gasteiger partial charge in [-0.25, -0.2) is 0 Å². The number of aryl methyl sites for hydroxylation is 1. The van der Waals surface area contributed by atoms with Gasteiger partial charge in [-0.1, -0.05) is 33.6 Å². The van der Waals surface area contributed by atoms with Crippen LogP contribution < -0.4 is 0 Å². The number of rotatable bonds is 5. The van der Waals surface area contributed by atoms with E-state index in [0.29, 0.717) is 0 Å². The Labute approximate surface area is 103 Å². The lowest BCUT2D eigenvalue weighted by Crippen LogP contribution is -2.15. The SMILES string of the molecule is Cc1ccc(S(=O)(=O)OCC(=O)CBr)cc1. The van der Waals surface area contributed by atoms with Crippen molar-refractivity contribution in [1.29, 1.82) is 0 Å². The molecule has 88 valence electrons. The van der Waals surface area contributed by atoms with Gasteiger partial charge in [0.1, 0.15) is 6.61 Å². The lowest BCUT2D eigenvalue weighted by Gasteiger charge is -2.04. The van der Waals surface area contributed by atoms with Gasteiger partial charge in [-0.3, -0.25) is 8.98 Å². The summed E-state index contributed by atoms with van der Waals surface area (Å²) in [6.07, 6.45) is 0. The van der Waals surface area contributed by atoms with Crippen LogP contribution in [0.15, 0.2) is 29.2 Å². The Kier molecular flexibility index (Phi) is 4.64. The third kappa shape index (κ3) is 3.70. The van der Waals surface area contributed by atoms with E-state index in [4.69, 9.17) is 0 Å². The normalized spacial score (nSPS) is 11.4. The van der Waals surface area contributed by atoms with Crippen LogP contribution >= 0.6 is 15.9 Å². The maximum Gasteiger partial charge on any atom is 0.297 e. The molecule has 0 aliphatic rings. The van der Waals surface area contributed by atoms with Crippen molar-refractivity contribution in [3.05, 3.63) is 29.8 Å². The Balaban J connectivity index is 2.78. The molecule has 0 aliphatic carbocycles. The van der Waals surface area contributed by atoms with Crippen LogP contribution in [0.5, 0.6) is 0 Å². The highest BCUT2D eigenvalue weighted by Crippen LogP contribution is 2.13. The molecule has 0 atom stereocenters. The number of hydrogen-bond donors (Lipinski definition) is 0. The number of hydrogen-bond acceptors (Lipinski definition) is 4. The molecule has 0 aromatic heterocycles. The van der Waals surface area contributed by atoms with Crippen molar-refractivity contribution in [2.75, 3.05) is 11.9 Å². The van der Waals surface area contributed by atoms with Gasteiger partial charge in [-0.05, 0) is 19.1 Å². The van der Waals surface area contributed by atoms with E-state index in [9.17, 15) is 13.2 Å². The molecule has 1 rings (SSSR count). The van der Waals surface area contributed by atoms with Crippen molar-refractivity contribution in [2.24, 2.45) is 0 Å². The molecule has 0 heterocycles. The van der Waals surface area contributed by atoms with Crippen molar-refractivity contribution < 1.29 is 17.4 Å². The van der Waals surface area contributed by atoms with Gasteiger partial charge in [0.2, 0.25) is 0 Å². The summed E-state index contributed by atoms with van der Waals surface area (Å²) in [5, 5.41) is 0.0798. The number of carbonyl (C=O) groups excluding carboxylic acids is 1. The minimum atomic E-state index is -3.82. The van der Waals surface area contributed by atoms with E-state index in [1.54, 1.807) is 12.1 Å². The van der Waals surface area contributed by atoms with Crippen LogP contribution in [0.4, 0.5) is 0 Å². The second-order valence-corrected chi connectivity index (χ2v) is 5.38. The summed E-state index contributed by atoms with van der Waals surface area (Å²) >= 11 is 2.92. The first-order valence-electron chi connectivity index (χ1n) is 4.49. The Hall–Kier alpha value is -0.720. The number of carbonyl (C=O) groups is 1. The quantitative estimate of drug-likeness (QED) is 0.613. The average molecular weight is 307 g/mol. The third-order valence-corrected chi connectivity index (χ3v) is 3.74. The Morgan fingerprint density at radius 2 is 1.88 bits per heavy atom. The minimum absolute atomic E-state index is 0.0560. The fourth-order valence-electron chi connectivity index (χ4n) is 0.955. The van der Waals surface area contributed by atoms with E-state index in [0.717, 1.165) is 5.56 Å². The highest BCUT2D eigenvalue weighted by molar-refractivity contribution is 9.09. The van der Waals surface area contributed by atoms with Crippen LogP contribution in [0.1, 0.15) is 5.56 Å². The van der Waals surface area contributed by atoms with Crippen molar-refractivity contribution in [3.8, 4) is 0 Å². The fraction of sp³-hybridized carbons (Fsp3) is 0.300. The molecule has 0 aliphatic heterocycles. The van der Waals surface area contributed by atoms with Gasteiger partial charge in [0.05, 0.1) is 10.2 Å². The number of alkyl halides is 1. The second kappa shape index (κ2) is 5.56. The van der Waals surface area contributed by atoms with Crippen LogP contribution in [-0.2, 0) is 19.1 Å². The van der Waals surface area contributed by atoms with Crippen LogP contribution in [0, 0.1) is 6.92 Å². The summed E-state index contributed by atoms with van der Waals surface area (Å²) in [7, 11) is -3.82. The summed E-state index contributed by atoms with van der Waals surface area (Å²) in [5.74, 6) is -0.323.